The summed E-state index contributed by atoms with van der Waals surface area (Å²) in [6.07, 6.45) is 4.94. The average Bonchev–Trinajstić information content (AvgIpc) is 2.98. The van der Waals surface area contributed by atoms with E-state index in [2.05, 4.69) is 151 Å². The third-order valence-corrected chi connectivity index (χ3v) is 6.73. The number of aryl methyl sites for hydroxylation is 4. The Morgan fingerprint density at radius 3 is 1.84 bits per heavy atom. The van der Waals surface area contributed by atoms with Crippen molar-refractivity contribution in [1.29, 1.82) is 0 Å². The molecule has 0 aliphatic rings. The Balaban J connectivity index is 0.000000336. The molecule has 2 nitrogen and oxygen atoms in total. The average molecular weight is 605 g/mol. The molecule has 0 aromatic heterocycles. The van der Waals surface area contributed by atoms with Crippen LogP contribution >= 0.6 is 12.6 Å². The maximum Gasteiger partial charge on any atom is 0.0707 e. The second kappa shape index (κ2) is 20.9. The zero-order valence-electron chi connectivity index (χ0n) is 28.6. The molecule has 0 atom stereocenters. The fourth-order valence-corrected chi connectivity index (χ4v) is 4.13. The van der Waals surface area contributed by atoms with Gasteiger partial charge in [0.1, 0.15) is 0 Å². The number of fused-ring (bicyclic) bond motifs is 1. The van der Waals surface area contributed by atoms with E-state index in [4.69, 9.17) is 4.99 Å². The second-order valence-electron chi connectivity index (χ2n) is 11.2. The van der Waals surface area contributed by atoms with E-state index < -0.39 is 0 Å². The highest BCUT2D eigenvalue weighted by atomic mass is 32.1. The molecule has 0 unspecified atom stereocenters. The molecule has 3 heteroatoms. The normalized spacial score (nSPS) is 11.2. The van der Waals surface area contributed by atoms with Crippen molar-refractivity contribution in [2.24, 2.45) is 9.98 Å². The summed E-state index contributed by atoms with van der Waals surface area (Å²) in [6, 6.07) is 31.7. The standard InChI is InChI=1S/C17H22N2S.C11H10.C9H12.C4H8/c1-12(2)10-16(15-9-7-6-8-13(15)3)19-14(4)17(20)11-18-5;1-9-5-4-7-10-6-2-3-8-11(9)10;1-3-9-6-4-8(2)5-7-9;1-4(2)3/h6-11,20H,1-5H3;2-8H,1H3;4-7H,3H2,1-2H3;1H2,2-3H3/b17-14-,18-11?,19-16?;;;. The highest BCUT2D eigenvalue weighted by molar-refractivity contribution is 7.85. The monoisotopic (exact) mass is 604 g/mol. The molecule has 4 aromatic carbocycles. The Hall–Kier alpha value is -3.95. The minimum absolute atomic E-state index is 0.778. The minimum atomic E-state index is 0.778. The van der Waals surface area contributed by atoms with Crippen LogP contribution in [0, 0.1) is 20.8 Å². The van der Waals surface area contributed by atoms with Gasteiger partial charge >= 0.3 is 0 Å². The van der Waals surface area contributed by atoms with Crippen molar-refractivity contribution in [2.75, 3.05) is 7.05 Å². The number of nitrogens with zero attached hydrogens (tertiary/aromatic N) is 2. The van der Waals surface area contributed by atoms with E-state index in [1.54, 1.807) is 13.3 Å². The summed E-state index contributed by atoms with van der Waals surface area (Å²) in [4.78, 5) is 9.47. The highest BCUT2D eigenvalue weighted by Gasteiger charge is 2.05. The molecular formula is C41H52N2S. The van der Waals surface area contributed by atoms with Gasteiger partial charge in [-0.05, 0) is 95.3 Å². The molecule has 44 heavy (non-hydrogen) atoms. The van der Waals surface area contributed by atoms with E-state index in [-0.39, 0.29) is 0 Å². The molecule has 0 saturated carbocycles. The van der Waals surface area contributed by atoms with Gasteiger partial charge in [0.2, 0.25) is 0 Å². The largest absolute Gasteiger partial charge is 0.295 e. The van der Waals surface area contributed by atoms with E-state index in [9.17, 15) is 0 Å². The van der Waals surface area contributed by atoms with Crippen LogP contribution in [0.25, 0.3) is 10.8 Å². The van der Waals surface area contributed by atoms with Crippen LogP contribution in [0.4, 0.5) is 0 Å². The Bertz CT molecular complexity index is 1570. The topological polar surface area (TPSA) is 24.7 Å². The lowest BCUT2D eigenvalue weighted by molar-refractivity contribution is 1.14. The first-order valence-corrected chi connectivity index (χ1v) is 15.6. The molecule has 0 N–H and O–H groups in total. The zero-order valence-corrected chi connectivity index (χ0v) is 29.5. The van der Waals surface area contributed by atoms with Gasteiger partial charge in [0.15, 0.2) is 0 Å². The van der Waals surface area contributed by atoms with E-state index >= 15 is 0 Å². The van der Waals surface area contributed by atoms with Crippen molar-refractivity contribution in [1.82, 2.24) is 0 Å². The van der Waals surface area contributed by atoms with E-state index in [0.29, 0.717) is 0 Å². The third-order valence-electron chi connectivity index (χ3n) is 6.29. The highest BCUT2D eigenvalue weighted by Crippen LogP contribution is 2.17. The van der Waals surface area contributed by atoms with Crippen LogP contribution in [-0.4, -0.2) is 19.0 Å². The Morgan fingerprint density at radius 1 is 0.750 bits per heavy atom. The molecule has 232 valence electrons. The van der Waals surface area contributed by atoms with Gasteiger partial charge in [-0.3, -0.25) is 9.98 Å². The van der Waals surface area contributed by atoms with Crippen LogP contribution in [0.1, 0.15) is 69.4 Å². The first kappa shape index (κ1) is 38.1. The summed E-state index contributed by atoms with van der Waals surface area (Å²) in [7, 11) is 1.73. The summed E-state index contributed by atoms with van der Waals surface area (Å²) in [5.74, 6) is 0. The SMILES string of the molecule is C=C(C)C.CCc1ccc(C)cc1.CN=C/C(S)=C(\C)N=C(C=C(C)C)c1ccccc1C.Cc1cccc2ccccc12. The van der Waals surface area contributed by atoms with E-state index in [1.807, 2.05) is 32.9 Å². The van der Waals surface area contributed by atoms with Crippen molar-refractivity contribution in [3.05, 3.63) is 153 Å². The number of hydrogen-bond donors (Lipinski definition) is 1. The predicted molar refractivity (Wildman–Crippen MR) is 203 cm³/mol. The summed E-state index contributed by atoms with van der Waals surface area (Å²) in [5, 5.41) is 2.68. The van der Waals surface area contributed by atoms with Gasteiger partial charge in [0.05, 0.1) is 11.4 Å². The van der Waals surface area contributed by atoms with Crippen LogP contribution < -0.4 is 0 Å². The summed E-state index contributed by atoms with van der Waals surface area (Å²) in [6.45, 7) is 22.1. The summed E-state index contributed by atoms with van der Waals surface area (Å²) in [5.41, 5.74) is 10.6. The first-order valence-electron chi connectivity index (χ1n) is 15.1. The molecule has 4 aromatic rings. The van der Waals surface area contributed by atoms with Gasteiger partial charge < -0.3 is 0 Å². The number of rotatable bonds is 5. The molecule has 0 aliphatic carbocycles. The van der Waals surface area contributed by atoms with Gasteiger partial charge in [-0.2, -0.15) is 0 Å². The number of allylic oxidation sites excluding steroid dienone is 5. The lowest BCUT2D eigenvalue weighted by Gasteiger charge is -2.08. The molecule has 0 heterocycles. The van der Waals surface area contributed by atoms with Gasteiger partial charge in [-0.15, -0.1) is 19.2 Å². The lowest BCUT2D eigenvalue weighted by Crippen LogP contribution is -2.01. The van der Waals surface area contributed by atoms with E-state index in [0.717, 1.165) is 28.3 Å². The maximum absolute atomic E-state index is 4.72. The molecule has 0 saturated heterocycles. The van der Waals surface area contributed by atoms with Crippen molar-refractivity contribution in [3.63, 3.8) is 0 Å². The minimum Gasteiger partial charge on any atom is -0.295 e. The Morgan fingerprint density at radius 2 is 1.30 bits per heavy atom. The molecule has 0 aliphatic heterocycles. The number of benzene rings is 4. The smallest absolute Gasteiger partial charge is 0.0707 e. The zero-order chi connectivity index (χ0) is 33.1. The number of aliphatic imine (C=N–C) groups is 2. The van der Waals surface area contributed by atoms with Crippen LogP contribution in [-0.2, 0) is 6.42 Å². The van der Waals surface area contributed by atoms with Gasteiger partial charge in [-0.1, -0.05) is 115 Å². The molecule has 0 spiro atoms. The predicted octanol–water partition coefficient (Wildman–Crippen LogP) is 11.9. The van der Waals surface area contributed by atoms with Crippen LogP contribution in [0.2, 0.25) is 0 Å². The Labute approximate surface area is 273 Å². The molecular weight excluding hydrogens is 553 g/mol. The summed E-state index contributed by atoms with van der Waals surface area (Å²) < 4.78 is 0. The van der Waals surface area contributed by atoms with Gasteiger partial charge in [-0.25, -0.2) is 0 Å². The lowest BCUT2D eigenvalue weighted by atomic mass is 10.0. The van der Waals surface area contributed by atoms with Gasteiger partial charge in [0.25, 0.3) is 0 Å². The van der Waals surface area contributed by atoms with Crippen LogP contribution in [0.5, 0.6) is 0 Å². The molecule has 0 fully saturated rings. The van der Waals surface area contributed by atoms with Crippen LogP contribution in [0.3, 0.4) is 0 Å². The third kappa shape index (κ3) is 15.0. The van der Waals surface area contributed by atoms with Gasteiger partial charge in [0, 0.05) is 23.7 Å². The quantitative estimate of drug-likeness (QED) is 0.133. The number of hydrogen-bond acceptors (Lipinski definition) is 3. The fourth-order valence-electron chi connectivity index (χ4n) is 3.97. The molecule has 0 radical (unpaired) electrons. The summed E-state index contributed by atoms with van der Waals surface area (Å²) >= 11 is 4.41. The van der Waals surface area contributed by atoms with Crippen molar-refractivity contribution < 1.29 is 0 Å². The fraction of sp³-hybridized carbons (Fsp3) is 0.268. The Kier molecular flexibility index (Phi) is 18.1. The molecule has 4 rings (SSSR count). The van der Waals surface area contributed by atoms with Crippen molar-refractivity contribution in [3.8, 4) is 0 Å². The maximum atomic E-state index is 4.72. The van der Waals surface area contributed by atoms with Crippen molar-refractivity contribution in [2.45, 2.75) is 68.7 Å². The number of thiol groups is 1. The molecule has 0 bridgehead atoms. The molecule has 0 amide bonds. The second-order valence-corrected chi connectivity index (χ2v) is 11.7. The first-order chi connectivity index (χ1) is 20.9. The van der Waals surface area contributed by atoms with Crippen LogP contribution in [0.15, 0.2) is 135 Å². The van der Waals surface area contributed by atoms with Crippen molar-refractivity contribution >= 4 is 35.3 Å². The van der Waals surface area contributed by atoms with E-state index in [1.165, 1.54) is 44.2 Å².